The van der Waals surface area contributed by atoms with Crippen LogP contribution in [-0.4, -0.2) is 11.8 Å². The number of nitrogens with zero attached hydrogens (tertiary/aromatic N) is 1. The summed E-state index contributed by atoms with van der Waals surface area (Å²) in [6.07, 6.45) is 1.44. The van der Waals surface area contributed by atoms with Crippen LogP contribution in [0.5, 0.6) is 11.5 Å². The molecule has 3 aromatic carbocycles. The first-order valence-corrected chi connectivity index (χ1v) is 8.39. The van der Waals surface area contributed by atoms with Crippen molar-refractivity contribution in [3.63, 3.8) is 0 Å². The lowest BCUT2D eigenvalue weighted by molar-refractivity contribution is -0.115. The fourth-order valence-electron chi connectivity index (χ4n) is 2.58. The number of carbonyl (C=O) groups excluding carboxylic acids is 1. The van der Waals surface area contributed by atoms with Gasteiger partial charge < -0.3 is 9.47 Å². The molecule has 4 nitrogen and oxygen atoms in total. The maximum atomic E-state index is 14.1. The van der Waals surface area contributed by atoms with E-state index in [1.807, 2.05) is 6.07 Å². The van der Waals surface area contributed by atoms with Gasteiger partial charge in [0.05, 0.1) is 0 Å². The monoisotopic (exact) mass is 377 g/mol. The summed E-state index contributed by atoms with van der Waals surface area (Å²) in [6, 6.07) is 18.4. The first-order chi connectivity index (χ1) is 13.6. The Bertz CT molecular complexity index is 1090. The summed E-state index contributed by atoms with van der Waals surface area (Å²) in [5.74, 6) is -0.938. The third kappa shape index (κ3) is 3.81. The minimum Gasteiger partial charge on any atom is -0.454 e. The van der Waals surface area contributed by atoms with Crippen LogP contribution in [0.2, 0.25) is 0 Å². The maximum Gasteiger partial charge on any atom is 0.316 e. The van der Waals surface area contributed by atoms with Crippen molar-refractivity contribution in [1.29, 1.82) is 0 Å². The highest BCUT2D eigenvalue weighted by Crippen LogP contribution is 2.27. The van der Waals surface area contributed by atoms with E-state index in [0.717, 1.165) is 0 Å². The second-order valence-corrected chi connectivity index (χ2v) is 5.94. The van der Waals surface area contributed by atoms with E-state index in [1.165, 1.54) is 48.5 Å². The molecule has 6 heteroatoms. The SMILES string of the molecule is O=C1N=C(c2ccc(F)cc2)OC1=Cc1ccc(F)c(Oc2ccccc2)c1. The zero-order valence-electron chi connectivity index (χ0n) is 14.4. The van der Waals surface area contributed by atoms with E-state index in [2.05, 4.69) is 4.99 Å². The van der Waals surface area contributed by atoms with E-state index in [0.29, 0.717) is 16.9 Å². The van der Waals surface area contributed by atoms with Gasteiger partial charge in [-0.1, -0.05) is 24.3 Å². The Morgan fingerprint density at radius 1 is 0.929 bits per heavy atom. The predicted octanol–water partition coefficient (Wildman–Crippen LogP) is 5.10. The summed E-state index contributed by atoms with van der Waals surface area (Å²) < 4.78 is 38.1. The molecule has 1 aliphatic rings. The maximum absolute atomic E-state index is 14.1. The molecule has 138 valence electrons. The number of benzene rings is 3. The minimum absolute atomic E-state index is 0.0170. The van der Waals surface area contributed by atoms with Crippen molar-refractivity contribution in [1.82, 2.24) is 0 Å². The molecule has 3 aromatic rings. The van der Waals surface area contributed by atoms with Crippen molar-refractivity contribution in [3.05, 3.63) is 101 Å². The fourth-order valence-corrected chi connectivity index (χ4v) is 2.58. The number of amides is 1. The molecule has 1 aliphatic heterocycles. The summed E-state index contributed by atoms with van der Waals surface area (Å²) in [5, 5.41) is 0. The van der Waals surface area contributed by atoms with E-state index in [-0.39, 0.29) is 17.4 Å². The summed E-state index contributed by atoms with van der Waals surface area (Å²) in [5.41, 5.74) is 0.983. The summed E-state index contributed by atoms with van der Waals surface area (Å²) >= 11 is 0. The van der Waals surface area contributed by atoms with E-state index in [9.17, 15) is 13.6 Å². The Morgan fingerprint density at radius 2 is 1.68 bits per heavy atom. The molecule has 1 heterocycles. The first kappa shape index (κ1) is 17.6. The molecular weight excluding hydrogens is 364 g/mol. The van der Waals surface area contributed by atoms with Gasteiger partial charge in [0.15, 0.2) is 17.3 Å². The molecule has 0 saturated carbocycles. The molecule has 0 aromatic heterocycles. The Labute approximate surface area is 159 Å². The van der Waals surface area contributed by atoms with Crippen molar-refractivity contribution in [2.24, 2.45) is 4.99 Å². The third-order valence-electron chi connectivity index (χ3n) is 3.94. The topological polar surface area (TPSA) is 47.9 Å². The summed E-state index contributed by atoms with van der Waals surface area (Å²) in [7, 11) is 0. The lowest BCUT2D eigenvalue weighted by Crippen LogP contribution is -2.00. The van der Waals surface area contributed by atoms with Gasteiger partial charge in [0.2, 0.25) is 5.90 Å². The summed E-state index contributed by atoms with van der Waals surface area (Å²) in [4.78, 5) is 15.9. The zero-order chi connectivity index (χ0) is 19.5. The molecule has 0 saturated heterocycles. The van der Waals surface area contributed by atoms with Crippen molar-refractivity contribution in [3.8, 4) is 11.5 Å². The van der Waals surface area contributed by atoms with E-state index >= 15 is 0 Å². The molecule has 0 aliphatic carbocycles. The van der Waals surface area contributed by atoms with E-state index in [4.69, 9.17) is 9.47 Å². The van der Waals surface area contributed by atoms with Crippen LogP contribution in [0.15, 0.2) is 83.5 Å². The standard InChI is InChI=1S/C22H13F2NO3/c23-16-9-7-15(8-10-16)22-25-21(26)20(28-22)13-14-6-11-18(24)19(12-14)27-17-4-2-1-3-5-17/h1-13H. The van der Waals surface area contributed by atoms with Crippen LogP contribution in [0.3, 0.4) is 0 Å². The average molecular weight is 377 g/mol. The van der Waals surface area contributed by atoms with Crippen LogP contribution in [0.4, 0.5) is 8.78 Å². The van der Waals surface area contributed by atoms with Gasteiger partial charge in [0.1, 0.15) is 11.6 Å². The fraction of sp³-hybridized carbons (Fsp3) is 0. The average Bonchev–Trinajstić information content (AvgIpc) is 3.06. The Kier molecular flexibility index (Phi) is 4.68. The normalized spacial score (nSPS) is 14.7. The van der Waals surface area contributed by atoms with Gasteiger partial charge in [0.25, 0.3) is 0 Å². The van der Waals surface area contributed by atoms with Gasteiger partial charge in [0, 0.05) is 5.56 Å². The Hall–Kier alpha value is -3.80. The van der Waals surface area contributed by atoms with Crippen molar-refractivity contribution >= 4 is 17.9 Å². The van der Waals surface area contributed by atoms with E-state index in [1.54, 1.807) is 24.3 Å². The second-order valence-electron chi connectivity index (χ2n) is 5.94. The number of carbonyl (C=O) groups is 1. The minimum atomic E-state index is -0.575. The number of ether oxygens (including phenoxy) is 2. The molecule has 28 heavy (non-hydrogen) atoms. The number of rotatable bonds is 4. The van der Waals surface area contributed by atoms with Crippen LogP contribution >= 0.6 is 0 Å². The van der Waals surface area contributed by atoms with Crippen LogP contribution in [0, 0.1) is 11.6 Å². The van der Waals surface area contributed by atoms with Gasteiger partial charge in [-0.2, -0.15) is 4.99 Å². The number of hydrogen-bond acceptors (Lipinski definition) is 3. The van der Waals surface area contributed by atoms with Gasteiger partial charge in [-0.3, -0.25) is 4.79 Å². The molecule has 0 fully saturated rings. The highest BCUT2D eigenvalue weighted by atomic mass is 19.1. The summed E-state index contributed by atoms with van der Waals surface area (Å²) in [6.45, 7) is 0. The van der Waals surface area contributed by atoms with Gasteiger partial charge in [-0.15, -0.1) is 0 Å². The number of halogens is 2. The smallest absolute Gasteiger partial charge is 0.316 e. The van der Waals surface area contributed by atoms with Gasteiger partial charge >= 0.3 is 5.91 Å². The number of aliphatic imine (C=N–C) groups is 1. The third-order valence-corrected chi connectivity index (χ3v) is 3.94. The van der Waals surface area contributed by atoms with Crippen molar-refractivity contribution < 1.29 is 23.0 Å². The van der Waals surface area contributed by atoms with Crippen molar-refractivity contribution in [2.75, 3.05) is 0 Å². The predicted molar refractivity (Wildman–Crippen MR) is 99.9 cm³/mol. The largest absolute Gasteiger partial charge is 0.454 e. The highest BCUT2D eigenvalue weighted by molar-refractivity contribution is 6.14. The lowest BCUT2D eigenvalue weighted by atomic mass is 10.2. The molecular formula is C22H13F2NO3. The van der Waals surface area contributed by atoms with Crippen molar-refractivity contribution in [2.45, 2.75) is 0 Å². The van der Waals surface area contributed by atoms with Crippen LogP contribution in [-0.2, 0) is 9.53 Å². The molecule has 0 radical (unpaired) electrons. The lowest BCUT2D eigenvalue weighted by Gasteiger charge is -2.08. The molecule has 0 bridgehead atoms. The molecule has 0 unspecified atom stereocenters. The quantitative estimate of drug-likeness (QED) is 0.594. The molecule has 0 spiro atoms. The van der Waals surface area contributed by atoms with Crippen LogP contribution in [0.1, 0.15) is 11.1 Å². The Balaban J connectivity index is 1.57. The highest BCUT2D eigenvalue weighted by Gasteiger charge is 2.24. The van der Waals surface area contributed by atoms with Gasteiger partial charge in [-0.25, -0.2) is 8.78 Å². The van der Waals surface area contributed by atoms with Gasteiger partial charge in [-0.05, 0) is 60.2 Å². The Morgan fingerprint density at radius 3 is 2.43 bits per heavy atom. The van der Waals surface area contributed by atoms with Crippen LogP contribution in [0.25, 0.3) is 6.08 Å². The first-order valence-electron chi connectivity index (χ1n) is 8.39. The second kappa shape index (κ2) is 7.44. The van der Waals surface area contributed by atoms with Crippen LogP contribution < -0.4 is 4.74 Å². The molecule has 4 rings (SSSR count). The van der Waals surface area contributed by atoms with E-state index < -0.39 is 17.5 Å². The molecule has 0 N–H and O–H groups in total. The molecule has 1 amide bonds. The molecule has 0 atom stereocenters. The number of para-hydroxylation sites is 1. The zero-order valence-corrected chi connectivity index (χ0v) is 14.4. The number of hydrogen-bond donors (Lipinski definition) is 0.